The molecule has 0 unspecified atom stereocenters. The molecule has 5 rings (SSSR count). The number of allylic oxidation sites excluding steroid dienone is 2. The second-order valence-electron chi connectivity index (χ2n) is 9.11. The van der Waals surface area contributed by atoms with E-state index in [1.54, 1.807) is 60.7 Å². The van der Waals surface area contributed by atoms with E-state index in [4.69, 9.17) is 0 Å². The predicted octanol–water partition coefficient (Wildman–Crippen LogP) is 5.04. The van der Waals surface area contributed by atoms with Gasteiger partial charge in [-0.1, -0.05) is 29.8 Å². The Hall–Kier alpha value is -4.52. The predicted molar refractivity (Wildman–Crippen MR) is 138 cm³/mol. The molecule has 0 bridgehead atoms. The molecule has 7 heteroatoms. The maximum Gasteiger partial charge on any atom is 0.255 e. The summed E-state index contributed by atoms with van der Waals surface area (Å²) in [6, 6.07) is 22.2. The van der Waals surface area contributed by atoms with Crippen LogP contribution in [0.1, 0.15) is 40.5 Å². The molecule has 1 heterocycles. The van der Waals surface area contributed by atoms with Crippen molar-refractivity contribution in [1.29, 1.82) is 0 Å². The average molecular weight is 480 g/mol. The maximum atomic E-state index is 12.9. The van der Waals surface area contributed by atoms with Crippen molar-refractivity contribution in [2.24, 2.45) is 11.8 Å². The molecule has 3 aromatic rings. The summed E-state index contributed by atoms with van der Waals surface area (Å²) in [7, 11) is 0. The van der Waals surface area contributed by atoms with Crippen molar-refractivity contribution in [1.82, 2.24) is 0 Å². The Balaban J connectivity index is 1.22. The molecule has 2 N–H and O–H groups in total. The van der Waals surface area contributed by atoms with Gasteiger partial charge in [0.2, 0.25) is 11.8 Å². The highest BCUT2D eigenvalue weighted by atomic mass is 16.2. The lowest BCUT2D eigenvalue weighted by Gasteiger charge is -2.18. The van der Waals surface area contributed by atoms with E-state index in [1.165, 1.54) is 4.90 Å². The topological polar surface area (TPSA) is 95.6 Å². The Bertz CT molecular complexity index is 1360. The van der Waals surface area contributed by atoms with Gasteiger partial charge in [-0.15, -0.1) is 0 Å². The van der Waals surface area contributed by atoms with Crippen molar-refractivity contribution < 1.29 is 19.2 Å². The number of benzene rings is 3. The van der Waals surface area contributed by atoms with Gasteiger partial charge < -0.3 is 10.6 Å². The van der Waals surface area contributed by atoms with Crippen molar-refractivity contribution in [2.75, 3.05) is 15.5 Å². The van der Waals surface area contributed by atoms with Gasteiger partial charge in [-0.05, 0) is 80.4 Å². The number of fused-ring (bicyclic) bond motifs is 1. The van der Waals surface area contributed by atoms with Gasteiger partial charge in [0.25, 0.3) is 11.8 Å². The smallest absolute Gasteiger partial charge is 0.255 e. The van der Waals surface area contributed by atoms with Crippen LogP contribution in [0.5, 0.6) is 0 Å². The normalized spacial score (nSPS) is 18.9. The van der Waals surface area contributed by atoms with E-state index in [0.717, 1.165) is 5.57 Å². The molecule has 1 aliphatic carbocycles. The first-order chi connectivity index (χ1) is 17.4. The van der Waals surface area contributed by atoms with E-state index in [1.807, 2.05) is 31.2 Å². The van der Waals surface area contributed by atoms with E-state index in [-0.39, 0.29) is 35.5 Å². The zero-order valence-corrected chi connectivity index (χ0v) is 19.7. The van der Waals surface area contributed by atoms with Crippen molar-refractivity contribution in [3.05, 3.63) is 102 Å². The van der Waals surface area contributed by atoms with Crippen LogP contribution in [0.15, 0.2) is 90.5 Å². The largest absolute Gasteiger partial charge is 0.322 e. The first-order valence-corrected chi connectivity index (χ1v) is 11.8. The minimum absolute atomic E-state index is 0.175. The van der Waals surface area contributed by atoms with Gasteiger partial charge in [-0.3, -0.25) is 24.1 Å². The van der Waals surface area contributed by atoms with Crippen molar-refractivity contribution in [3.63, 3.8) is 0 Å². The average Bonchev–Trinajstić information content (AvgIpc) is 3.14. The molecule has 0 spiro atoms. The lowest BCUT2D eigenvalue weighted by Crippen LogP contribution is -2.30. The Labute approximate surface area is 208 Å². The number of nitrogens with one attached hydrogen (secondary N) is 2. The molecule has 0 saturated carbocycles. The summed E-state index contributed by atoms with van der Waals surface area (Å²) < 4.78 is 0. The first-order valence-electron chi connectivity index (χ1n) is 11.8. The zero-order valence-electron chi connectivity index (χ0n) is 19.7. The number of amides is 4. The van der Waals surface area contributed by atoms with Crippen LogP contribution in [0.2, 0.25) is 0 Å². The number of anilines is 3. The van der Waals surface area contributed by atoms with Crippen LogP contribution in [-0.4, -0.2) is 23.6 Å². The summed E-state index contributed by atoms with van der Waals surface area (Å²) in [6.07, 6.45) is 3.23. The Morgan fingerprint density at radius 3 is 1.86 bits per heavy atom. The van der Waals surface area contributed by atoms with Gasteiger partial charge in [0.05, 0.1) is 17.5 Å². The van der Waals surface area contributed by atoms with Gasteiger partial charge in [0.1, 0.15) is 0 Å². The van der Waals surface area contributed by atoms with E-state index in [2.05, 4.69) is 10.6 Å². The summed E-state index contributed by atoms with van der Waals surface area (Å²) >= 11 is 0. The van der Waals surface area contributed by atoms with Crippen LogP contribution >= 0.6 is 0 Å². The molecule has 4 amide bonds. The third kappa shape index (κ3) is 4.55. The van der Waals surface area contributed by atoms with Gasteiger partial charge in [0.15, 0.2) is 0 Å². The number of carbonyl (C=O) groups is 4. The lowest BCUT2D eigenvalue weighted by atomic mass is 9.82. The fraction of sp³-hybridized carbons (Fsp3) is 0.172. The van der Waals surface area contributed by atoms with Gasteiger partial charge in [-0.25, -0.2) is 0 Å². The fourth-order valence-corrected chi connectivity index (χ4v) is 4.69. The fourth-order valence-electron chi connectivity index (χ4n) is 4.69. The Kier molecular flexibility index (Phi) is 6.21. The summed E-state index contributed by atoms with van der Waals surface area (Å²) in [6.45, 7) is 1.98. The summed E-state index contributed by atoms with van der Waals surface area (Å²) in [5, 5.41) is 5.62. The molecule has 1 aliphatic heterocycles. The Morgan fingerprint density at radius 1 is 0.722 bits per heavy atom. The van der Waals surface area contributed by atoms with Crippen molar-refractivity contribution >= 4 is 40.7 Å². The standard InChI is InChI=1S/C29H25N3O4/c1-18-7-16-24-25(17-18)29(36)32(28(24)35)23-14-10-20(11-15-23)27(34)31-22-12-8-19(9-13-22)26(33)30-21-5-3-2-4-6-21/h2-15,24-25H,16-17H2,1H3,(H,30,33)(H,31,34)/t24-,25+/m0/s1. The molecule has 7 nitrogen and oxygen atoms in total. The summed E-state index contributed by atoms with van der Waals surface area (Å²) in [5.74, 6) is -1.54. The minimum atomic E-state index is -0.337. The number of carbonyl (C=O) groups excluding carboxylic acids is 4. The first kappa shape index (κ1) is 23.2. The van der Waals surface area contributed by atoms with E-state index in [0.29, 0.717) is 41.0 Å². The molecule has 0 radical (unpaired) electrons. The second kappa shape index (κ2) is 9.62. The highest BCUT2D eigenvalue weighted by Gasteiger charge is 2.48. The summed E-state index contributed by atoms with van der Waals surface area (Å²) in [5.41, 5.74) is 3.70. The highest BCUT2D eigenvalue weighted by molar-refractivity contribution is 6.22. The van der Waals surface area contributed by atoms with Crippen molar-refractivity contribution in [3.8, 4) is 0 Å². The monoisotopic (exact) mass is 479 g/mol. The molecule has 1 fully saturated rings. The molecule has 2 aliphatic rings. The third-order valence-electron chi connectivity index (χ3n) is 6.65. The number of rotatable bonds is 5. The molecular formula is C29H25N3O4. The number of nitrogens with zero attached hydrogens (tertiary/aromatic N) is 1. The lowest BCUT2D eigenvalue weighted by molar-refractivity contribution is -0.122. The van der Waals surface area contributed by atoms with E-state index in [9.17, 15) is 19.2 Å². The van der Waals surface area contributed by atoms with Crippen LogP contribution in [-0.2, 0) is 9.59 Å². The quantitative estimate of drug-likeness (QED) is 0.396. The van der Waals surface area contributed by atoms with E-state index < -0.39 is 0 Å². The second-order valence-corrected chi connectivity index (χ2v) is 9.11. The number of imide groups is 1. The van der Waals surface area contributed by atoms with Crippen molar-refractivity contribution in [2.45, 2.75) is 19.8 Å². The van der Waals surface area contributed by atoms with Gasteiger partial charge in [0, 0.05) is 22.5 Å². The molecule has 0 aromatic heterocycles. The molecule has 2 atom stereocenters. The number of hydrogen-bond donors (Lipinski definition) is 2. The zero-order chi connectivity index (χ0) is 25.2. The SMILES string of the molecule is CC1=CC[C@@H]2C(=O)N(c3ccc(C(=O)Nc4ccc(C(=O)Nc5ccccc5)cc4)cc3)C(=O)[C@@H]2C1. The van der Waals surface area contributed by atoms with Crippen LogP contribution in [0.4, 0.5) is 17.1 Å². The molecular weight excluding hydrogens is 454 g/mol. The van der Waals surface area contributed by atoms with Crippen LogP contribution in [0.25, 0.3) is 0 Å². The molecule has 36 heavy (non-hydrogen) atoms. The minimum Gasteiger partial charge on any atom is -0.322 e. The van der Waals surface area contributed by atoms with Gasteiger partial charge >= 0.3 is 0 Å². The van der Waals surface area contributed by atoms with Crippen LogP contribution < -0.4 is 15.5 Å². The molecule has 180 valence electrons. The summed E-state index contributed by atoms with van der Waals surface area (Å²) in [4.78, 5) is 52.2. The van der Waals surface area contributed by atoms with Crippen LogP contribution in [0.3, 0.4) is 0 Å². The van der Waals surface area contributed by atoms with Gasteiger partial charge in [-0.2, -0.15) is 0 Å². The third-order valence-corrected chi connectivity index (χ3v) is 6.65. The Morgan fingerprint density at radius 2 is 1.25 bits per heavy atom. The van der Waals surface area contributed by atoms with Crippen LogP contribution in [0, 0.1) is 11.8 Å². The highest BCUT2D eigenvalue weighted by Crippen LogP contribution is 2.39. The van der Waals surface area contributed by atoms with E-state index >= 15 is 0 Å². The number of hydrogen-bond acceptors (Lipinski definition) is 4. The maximum absolute atomic E-state index is 12.9. The number of para-hydroxylation sites is 1. The molecule has 1 saturated heterocycles. The molecule has 3 aromatic carbocycles.